The second-order valence-electron chi connectivity index (χ2n) is 9.37. The first-order chi connectivity index (χ1) is 20.0. The third kappa shape index (κ3) is 6.18. The largest absolute Gasteiger partial charge is 0.493 e. The molecular formula is C30H29F3N2O6S. The van der Waals surface area contributed by atoms with E-state index in [9.17, 15) is 27.6 Å². The monoisotopic (exact) mass is 602 g/mol. The van der Waals surface area contributed by atoms with Crippen molar-refractivity contribution in [3.05, 3.63) is 81.5 Å². The number of hydrogen-bond donors (Lipinski definition) is 2. The number of aryl methyl sites for hydroxylation is 1. The number of ether oxygens (including phenoxy) is 3. The van der Waals surface area contributed by atoms with Crippen molar-refractivity contribution in [2.24, 2.45) is 0 Å². The molecule has 0 aromatic heterocycles. The van der Waals surface area contributed by atoms with Crippen LogP contribution in [0.1, 0.15) is 35.2 Å². The number of benzene rings is 2. The average molecular weight is 603 g/mol. The lowest BCUT2D eigenvalue weighted by molar-refractivity contribution is -0.174. The Morgan fingerprint density at radius 3 is 2.26 bits per heavy atom. The van der Waals surface area contributed by atoms with Crippen LogP contribution in [0.3, 0.4) is 0 Å². The molecule has 0 saturated carbocycles. The SMILES string of the molecule is COc1cc2c(c(OC)c1OC)-c1ccc(SC)c(=O)cc1[C@@H](NC(=O)C(NC(=O)C(F)(F)F)c1ccccc1)CC2. The van der Waals surface area contributed by atoms with Crippen LogP contribution in [-0.4, -0.2) is 45.6 Å². The summed E-state index contributed by atoms with van der Waals surface area (Å²) >= 11 is 1.25. The van der Waals surface area contributed by atoms with Gasteiger partial charge in [-0.3, -0.25) is 14.4 Å². The molecule has 1 aliphatic rings. The van der Waals surface area contributed by atoms with Crippen LogP contribution in [0.5, 0.6) is 17.2 Å². The van der Waals surface area contributed by atoms with E-state index >= 15 is 0 Å². The summed E-state index contributed by atoms with van der Waals surface area (Å²) in [5, 5.41) is 4.62. The minimum Gasteiger partial charge on any atom is -0.493 e. The normalized spacial score (nSPS) is 14.9. The number of amides is 2. The molecule has 12 heteroatoms. The lowest BCUT2D eigenvalue weighted by Gasteiger charge is -2.24. The molecule has 1 unspecified atom stereocenters. The molecule has 42 heavy (non-hydrogen) atoms. The summed E-state index contributed by atoms with van der Waals surface area (Å²) in [7, 11) is 4.44. The predicted molar refractivity (Wildman–Crippen MR) is 152 cm³/mol. The van der Waals surface area contributed by atoms with E-state index < -0.39 is 30.1 Å². The first-order valence-electron chi connectivity index (χ1n) is 12.8. The van der Waals surface area contributed by atoms with E-state index in [0.29, 0.717) is 45.3 Å². The maximum atomic E-state index is 13.6. The van der Waals surface area contributed by atoms with Gasteiger partial charge >= 0.3 is 12.1 Å². The fourth-order valence-corrected chi connectivity index (χ4v) is 5.49. The average Bonchev–Trinajstić information content (AvgIpc) is 3.22. The van der Waals surface area contributed by atoms with Crippen molar-refractivity contribution in [2.75, 3.05) is 27.6 Å². The van der Waals surface area contributed by atoms with Gasteiger partial charge in [0.2, 0.25) is 11.7 Å². The Labute approximate surface area is 244 Å². The molecule has 8 nitrogen and oxygen atoms in total. The molecule has 0 saturated heterocycles. The summed E-state index contributed by atoms with van der Waals surface area (Å²) in [5.41, 5.74) is 2.29. The molecular weight excluding hydrogens is 573 g/mol. The second-order valence-corrected chi connectivity index (χ2v) is 10.2. The topological polar surface area (TPSA) is 103 Å². The fourth-order valence-electron chi connectivity index (χ4n) is 5.03. The van der Waals surface area contributed by atoms with Gasteiger partial charge in [0.05, 0.1) is 32.3 Å². The summed E-state index contributed by atoms with van der Waals surface area (Å²) in [6.45, 7) is 0. The molecule has 0 radical (unpaired) electrons. The van der Waals surface area contributed by atoms with Crippen molar-refractivity contribution >= 4 is 23.6 Å². The Kier molecular flexibility index (Phi) is 9.35. The van der Waals surface area contributed by atoms with Gasteiger partial charge in [-0.25, -0.2) is 0 Å². The molecule has 1 aliphatic carbocycles. The second kappa shape index (κ2) is 12.8. The minimum atomic E-state index is -5.20. The van der Waals surface area contributed by atoms with Crippen molar-refractivity contribution in [1.82, 2.24) is 10.6 Å². The molecule has 0 aliphatic heterocycles. The van der Waals surface area contributed by atoms with E-state index in [2.05, 4.69) is 5.32 Å². The predicted octanol–water partition coefficient (Wildman–Crippen LogP) is 4.98. The van der Waals surface area contributed by atoms with Crippen LogP contribution >= 0.6 is 11.8 Å². The summed E-state index contributed by atoms with van der Waals surface area (Å²) in [6, 6.07) is 11.8. The fraction of sp³-hybridized carbons (Fsp3) is 0.300. The lowest BCUT2D eigenvalue weighted by atomic mass is 9.95. The number of rotatable bonds is 8. The first kappa shape index (κ1) is 30.8. The molecule has 3 aromatic rings. The molecule has 0 spiro atoms. The molecule has 0 fully saturated rings. The van der Waals surface area contributed by atoms with E-state index in [1.54, 1.807) is 42.7 Å². The summed E-state index contributed by atoms with van der Waals surface area (Å²) in [6.07, 6.45) is -2.78. The van der Waals surface area contributed by atoms with E-state index in [1.807, 2.05) is 5.32 Å². The third-order valence-corrected chi connectivity index (χ3v) is 7.74. The zero-order valence-corrected chi connectivity index (χ0v) is 24.1. The lowest BCUT2D eigenvalue weighted by Crippen LogP contribution is -2.46. The maximum absolute atomic E-state index is 13.6. The molecule has 3 aromatic carbocycles. The smallest absolute Gasteiger partial charge is 0.471 e. The first-order valence-corrected chi connectivity index (χ1v) is 14.0. The Morgan fingerprint density at radius 2 is 1.67 bits per heavy atom. The number of hydrogen-bond acceptors (Lipinski definition) is 7. The maximum Gasteiger partial charge on any atom is 0.471 e. The summed E-state index contributed by atoms with van der Waals surface area (Å²) in [5.74, 6) is -1.99. The number of thioether (sulfide) groups is 1. The number of nitrogens with one attached hydrogen (secondary N) is 2. The van der Waals surface area contributed by atoms with Crippen molar-refractivity contribution < 1.29 is 37.0 Å². The van der Waals surface area contributed by atoms with Gasteiger partial charge in [-0.05, 0) is 59.6 Å². The quantitative estimate of drug-likeness (QED) is 0.351. The number of halogens is 3. The van der Waals surface area contributed by atoms with Gasteiger partial charge in [0.15, 0.2) is 16.9 Å². The Hall–Kier alpha value is -4.19. The van der Waals surface area contributed by atoms with Crippen molar-refractivity contribution in [3.8, 4) is 28.4 Å². The molecule has 0 bridgehead atoms. The van der Waals surface area contributed by atoms with E-state index in [0.717, 1.165) is 5.56 Å². The van der Waals surface area contributed by atoms with Gasteiger partial charge in [0.25, 0.3) is 0 Å². The highest BCUT2D eigenvalue weighted by molar-refractivity contribution is 7.98. The van der Waals surface area contributed by atoms with Crippen LogP contribution in [0.2, 0.25) is 0 Å². The highest BCUT2D eigenvalue weighted by Gasteiger charge is 2.41. The number of alkyl halides is 3. The van der Waals surface area contributed by atoms with Gasteiger partial charge in [0.1, 0.15) is 6.04 Å². The zero-order valence-electron chi connectivity index (χ0n) is 23.3. The van der Waals surface area contributed by atoms with Gasteiger partial charge in [-0.1, -0.05) is 36.4 Å². The molecule has 4 rings (SSSR count). The Bertz CT molecular complexity index is 1550. The third-order valence-electron chi connectivity index (χ3n) is 6.97. The van der Waals surface area contributed by atoms with Crippen LogP contribution in [0.25, 0.3) is 11.1 Å². The van der Waals surface area contributed by atoms with Crippen LogP contribution in [-0.2, 0) is 16.0 Å². The van der Waals surface area contributed by atoms with E-state index in [1.165, 1.54) is 51.3 Å². The molecule has 222 valence electrons. The van der Waals surface area contributed by atoms with Gasteiger partial charge in [-0.2, -0.15) is 13.2 Å². The number of fused-ring (bicyclic) bond motifs is 3. The van der Waals surface area contributed by atoms with Gasteiger partial charge in [0, 0.05) is 5.56 Å². The van der Waals surface area contributed by atoms with Gasteiger partial charge < -0.3 is 24.8 Å². The van der Waals surface area contributed by atoms with Crippen LogP contribution in [0.15, 0.2) is 64.3 Å². The molecule has 2 atom stereocenters. The summed E-state index contributed by atoms with van der Waals surface area (Å²) in [4.78, 5) is 39.2. The number of carbonyl (C=O) groups excluding carboxylic acids is 2. The molecule has 0 heterocycles. The van der Waals surface area contributed by atoms with E-state index in [-0.39, 0.29) is 17.4 Å². The Balaban J connectivity index is 1.87. The van der Waals surface area contributed by atoms with Crippen molar-refractivity contribution in [2.45, 2.75) is 36.0 Å². The highest BCUT2D eigenvalue weighted by atomic mass is 32.2. The van der Waals surface area contributed by atoms with E-state index in [4.69, 9.17) is 14.2 Å². The van der Waals surface area contributed by atoms with Crippen LogP contribution < -0.4 is 30.3 Å². The van der Waals surface area contributed by atoms with Crippen LogP contribution in [0, 0.1) is 0 Å². The van der Waals surface area contributed by atoms with Crippen molar-refractivity contribution in [3.63, 3.8) is 0 Å². The highest BCUT2D eigenvalue weighted by Crippen LogP contribution is 2.50. The number of methoxy groups -OCH3 is 3. The summed E-state index contributed by atoms with van der Waals surface area (Å²) < 4.78 is 56.4. The van der Waals surface area contributed by atoms with Crippen molar-refractivity contribution in [1.29, 1.82) is 0 Å². The molecule has 2 amide bonds. The Morgan fingerprint density at radius 1 is 0.976 bits per heavy atom. The number of carbonyl (C=O) groups is 2. The standard InChI is InChI=1S/C30H29F3N2O6S/c1-39-22-14-17-10-12-20(34-28(37)25(16-8-6-5-7-9-16)35-29(38)30(31,32)33)19-15-21(36)23(42-4)13-11-18(19)24(17)27(41-3)26(22)40-2/h5-9,11,13-15,20,25H,10,12H2,1-4H3,(H,34,37)(H,35,38)/t20-,25?/m0/s1. The van der Waals surface area contributed by atoms with Crippen LogP contribution in [0.4, 0.5) is 13.2 Å². The minimum absolute atomic E-state index is 0.161. The zero-order chi connectivity index (χ0) is 30.6. The van der Waals surface area contributed by atoms with Gasteiger partial charge in [-0.15, -0.1) is 11.8 Å². The molecule has 2 N–H and O–H groups in total.